The first-order valence-electron chi connectivity index (χ1n) is 16.7. The summed E-state index contributed by atoms with van der Waals surface area (Å²) < 4.78 is 5.52. The van der Waals surface area contributed by atoms with Gasteiger partial charge in [-0.15, -0.1) is 34.0 Å². The van der Waals surface area contributed by atoms with Gasteiger partial charge in [-0.2, -0.15) is 5.26 Å². The minimum atomic E-state index is -0.543. The van der Waals surface area contributed by atoms with Crippen LogP contribution in [0.25, 0.3) is 36.0 Å². The Morgan fingerprint density at radius 3 is 1.82 bits per heavy atom. The first kappa shape index (κ1) is 34.1. The van der Waals surface area contributed by atoms with Gasteiger partial charge >= 0.3 is 5.97 Å². The quantitative estimate of drug-likeness (QED) is 0.0645. The Hall–Kier alpha value is -4.74. The topological polar surface area (TPSA) is 53.3 Å². The zero-order chi connectivity index (χ0) is 34.0. The van der Waals surface area contributed by atoms with Crippen LogP contribution in [-0.2, 0) is 9.53 Å². The highest BCUT2D eigenvalue weighted by Gasteiger charge is 2.16. The number of ether oxygens (including phenoxy) is 1. The summed E-state index contributed by atoms with van der Waals surface area (Å²) in [6.07, 6.45) is 5.87. The van der Waals surface area contributed by atoms with Crippen molar-refractivity contribution in [2.45, 2.75) is 39.5 Å². The second kappa shape index (κ2) is 16.6. The number of thiophene rings is 3. The monoisotopic (exact) mass is 698 g/mol. The van der Waals surface area contributed by atoms with E-state index < -0.39 is 5.97 Å². The third-order valence-electron chi connectivity index (χ3n) is 8.38. The molecule has 6 aromatic rings. The summed E-state index contributed by atoms with van der Waals surface area (Å²) in [5.41, 5.74) is 4.57. The number of benzene rings is 3. The maximum absolute atomic E-state index is 12.7. The van der Waals surface area contributed by atoms with Gasteiger partial charge in [-0.1, -0.05) is 81.6 Å². The number of carbonyl (C=O) groups is 1. The number of anilines is 3. The first-order valence-corrected chi connectivity index (χ1v) is 19.1. The molecule has 4 nitrogen and oxygen atoms in total. The van der Waals surface area contributed by atoms with Crippen molar-refractivity contribution in [1.82, 2.24) is 0 Å². The molecule has 0 aliphatic rings. The fourth-order valence-electron chi connectivity index (χ4n) is 5.62. The van der Waals surface area contributed by atoms with E-state index in [0.717, 1.165) is 57.4 Å². The van der Waals surface area contributed by atoms with Gasteiger partial charge in [0.05, 0.1) is 6.61 Å². The van der Waals surface area contributed by atoms with Crippen molar-refractivity contribution in [2.75, 3.05) is 11.5 Å². The SMILES string of the molecule is CCCCC(CC)COC(=O)/C(C#N)=C/c1ccc(-c2ccc(-c3ccc(-c4ccc(N(c5ccccc5)c5ccccc5)cc4)s3)s2)s1. The van der Waals surface area contributed by atoms with Crippen molar-refractivity contribution in [3.63, 3.8) is 0 Å². The molecule has 1 unspecified atom stereocenters. The number of unbranched alkanes of at least 4 members (excludes halogenated alkanes) is 1. The number of esters is 1. The molecule has 0 fully saturated rings. The van der Waals surface area contributed by atoms with E-state index in [0.29, 0.717) is 12.5 Å². The molecule has 3 heterocycles. The van der Waals surface area contributed by atoms with Crippen LogP contribution < -0.4 is 4.90 Å². The van der Waals surface area contributed by atoms with Gasteiger partial charge < -0.3 is 9.64 Å². The van der Waals surface area contributed by atoms with Crippen molar-refractivity contribution in [2.24, 2.45) is 5.92 Å². The van der Waals surface area contributed by atoms with Crippen LogP contribution in [0.3, 0.4) is 0 Å². The van der Waals surface area contributed by atoms with Crippen molar-refractivity contribution in [1.29, 1.82) is 5.26 Å². The maximum atomic E-state index is 12.7. The highest BCUT2D eigenvalue weighted by atomic mass is 32.1. The summed E-state index contributed by atoms with van der Waals surface area (Å²) in [4.78, 5) is 21.7. The van der Waals surface area contributed by atoms with Crippen LogP contribution in [0.5, 0.6) is 0 Å². The third-order valence-corrected chi connectivity index (χ3v) is 12.0. The van der Waals surface area contributed by atoms with E-state index in [1.165, 1.54) is 20.2 Å². The van der Waals surface area contributed by atoms with Crippen LogP contribution >= 0.6 is 34.0 Å². The van der Waals surface area contributed by atoms with Crippen LogP contribution in [0.2, 0.25) is 0 Å². The Labute approximate surface area is 301 Å². The molecule has 6 rings (SSSR count). The largest absolute Gasteiger partial charge is 0.461 e. The molecule has 0 radical (unpaired) electrons. The Kier molecular flexibility index (Phi) is 11.6. The average Bonchev–Trinajstić information content (AvgIpc) is 3.94. The number of rotatable bonds is 14. The van der Waals surface area contributed by atoms with E-state index in [9.17, 15) is 10.1 Å². The van der Waals surface area contributed by atoms with Crippen molar-refractivity contribution in [3.8, 4) is 36.0 Å². The van der Waals surface area contributed by atoms with Gasteiger partial charge in [0.2, 0.25) is 0 Å². The lowest BCUT2D eigenvalue weighted by Gasteiger charge is -2.25. The van der Waals surface area contributed by atoms with Gasteiger partial charge in [-0.3, -0.25) is 0 Å². The predicted octanol–water partition coefficient (Wildman–Crippen LogP) is 13.0. The minimum absolute atomic E-state index is 0.0394. The fraction of sp³-hybridized carbons (Fsp3) is 0.190. The molecule has 0 spiro atoms. The normalized spacial score (nSPS) is 12.0. The summed E-state index contributed by atoms with van der Waals surface area (Å²) >= 11 is 5.11. The van der Waals surface area contributed by atoms with E-state index >= 15 is 0 Å². The van der Waals surface area contributed by atoms with Gasteiger partial charge in [0, 0.05) is 46.3 Å². The lowest BCUT2D eigenvalue weighted by Crippen LogP contribution is -2.14. The van der Waals surface area contributed by atoms with E-state index in [1.54, 1.807) is 40.1 Å². The van der Waals surface area contributed by atoms with E-state index in [2.05, 4.69) is 122 Å². The molecule has 1 atom stereocenters. The summed E-state index contributed by atoms with van der Waals surface area (Å²) in [5.74, 6) is -0.209. The second-order valence-corrected chi connectivity index (χ2v) is 15.1. The van der Waals surface area contributed by atoms with E-state index in [-0.39, 0.29) is 5.57 Å². The third kappa shape index (κ3) is 8.47. The van der Waals surface area contributed by atoms with Crippen molar-refractivity contribution in [3.05, 3.63) is 132 Å². The van der Waals surface area contributed by atoms with Crippen LogP contribution in [0.15, 0.2) is 127 Å². The van der Waals surface area contributed by atoms with E-state index in [4.69, 9.17) is 4.74 Å². The number of carbonyl (C=O) groups excluding carboxylic acids is 1. The number of hydrogen-bond donors (Lipinski definition) is 0. The molecule has 0 N–H and O–H groups in total. The second-order valence-electron chi connectivity index (χ2n) is 11.8. The molecule has 0 aliphatic heterocycles. The summed E-state index contributed by atoms with van der Waals surface area (Å²) in [6.45, 7) is 4.63. The Morgan fingerprint density at radius 1 is 0.714 bits per heavy atom. The molecule has 0 saturated carbocycles. The Morgan fingerprint density at radius 2 is 1.24 bits per heavy atom. The smallest absolute Gasteiger partial charge is 0.348 e. The number of hydrogen-bond acceptors (Lipinski definition) is 7. The fourth-order valence-corrected chi connectivity index (χ4v) is 8.77. The maximum Gasteiger partial charge on any atom is 0.348 e. The highest BCUT2D eigenvalue weighted by Crippen LogP contribution is 2.43. The molecule has 0 saturated heterocycles. The molecule has 3 aromatic heterocycles. The molecular formula is C42H38N2O2S3. The van der Waals surface area contributed by atoms with Gasteiger partial charge in [0.25, 0.3) is 0 Å². The lowest BCUT2D eigenvalue weighted by atomic mass is 10.0. The van der Waals surface area contributed by atoms with Crippen molar-refractivity contribution >= 4 is 63.1 Å². The minimum Gasteiger partial charge on any atom is -0.461 e. The molecule has 7 heteroatoms. The lowest BCUT2D eigenvalue weighted by molar-refractivity contribution is -0.139. The van der Waals surface area contributed by atoms with Gasteiger partial charge in [-0.05, 0) is 96.8 Å². The number of nitriles is 1. The van der Waals surface area contributed by atoms with Crippen LogP contribution in [0.4, 0.5) is 17.1 Å². The Bertz CT molecular complexity index is 1990. The van der Waals surface area contributed by atoms with E-state index in [1.807, 2.05) is 24.3 Å². The molecular weight excluding hydrogens is 661 g/mol. The van der Waals surface area contributed by atoms with Crippen LogP contribution in [-0.4, -0.2) is 12.6 Å². The molecule has 0 aliphatic carbocycles. The van der Waals surface area contributed by atoms with Crippen molar-refractivity contribution < 1.29 is 9.53 Å². The number of nitrogens with zero attached hydrogens (tertiary/aromatic N) is 2. The zero-order valence-electron chi connectivity index (χ0n) is 27.7. The van der Waals surface area contributed by atoms with Crippen LogP contribution in [0, 0.1) is 17.2 Å². The predicted molar refractivity (Wildman–Crippen MR) is 209 cm³/mol. The van der Waals surface area contributed by atoms with Gasteiger partial charge in [-0.25, -0.2) is 4.79 Å². The highest BCUT2D eigenvalue weighted by molar-refractivity contribution is 7.27. The molecule has 246 valence electrons. The summed E-state index contributed by atoms with van der Waals surface area (Å²) in [5, 5.41) is 9.68. The van der Waals surface area contributed by atoms with Gasteiger partial charge in [0.1, 0.15) is 11.6 Å². The molecule has 0 amide bonds. The summed E-state index contributed by atoms with van der Waals surface area (Å²) in [7, 11) is 0. The Balaban J connectivity index is 1.14. The number of para-hydroxylation sites is 2. The van der Waals surface area contributed by atoms with Gasteiger partial charge in [0.15, 0.2) is 0 Å². The molecule has 49 heavy (non-hydrogen) atoms. The molecule has 3 aromatic carbocycles. The summed E-state index contributed by atoms with van der Waals surface area (Å²) in [6, 6.07) is 44.4. The average molecular weight is 699 g/mol. The zero-order valence-corrected chi connectivity index (χ0v) is 30.1. The molecule has 0 bridgehead atoms. The standard InChI is InChI=1S/C42H38N2O2S3/c1-3-5-12-30(4-2)29-46-42(45)32(28-43)27-36-21-22-38(47-36)39-25-26-41(49-39)40-24-23-37(48-40)31-17-19-35(20-18-31)44(33-13-8-6-9-14-33)34-15-10-7-11-16-34/h6-11,13-27,30H,3-5,12,29H2,1-2H3/b32-27+. The first-order chi connectivity index (χ1) is 24.1. The van der Waals surface area contributed by atoms with Crippen LogP contribution in [0.1, 0.15) is 44.4 Å².